The molecule has 0 aliphatic heterocycles. The first kappa shape index (κ1) is 12.9. The molecule has 80 valence electrons. The second-order valence-corrected chi connectivity index (χ2v) is 3.72. The van der Waals surface area contributed by atoms with Crippen molar-refractivity contribution in [2.75, 3.05) is 20.3 Å². The van der Waals surface area contributed by atoms with E-state index >= 15 is 0 Å². The van der Waals surface area contributed by atoms with E-state index in [0.717, 1.165) is 6.42 Å². The van der Waals surface area contributed by atoms with Gasteiger partial charge in [-0.05, 0) is 12.8 Å². The minimum absolute atomic E-state index is 0.246. The van der Waals surface area contributed by atoms with Crippen LogP contribution in [0.15, 0.2) is 0 Å². The van der Waals surface area contributed by atoms with E-state index in [1.165, 1.54) is 0 Å². The number of hydrogen-bond donors (Lipinski definition) is 2. The second-order valence-electron chi connectivity index (χ2n) is 3.72. The predicted octanol–water partition coefficient (Wildman–Crippen LogP) is 1.02. The summed E-state index contributed by atoms with van der Waals surface area (Å²) in [5.41, 5.74) is 0. The highest BCUT2D eigenvalue weighted by molar-refractivity contribution is 4.68. The summed E-state index contributed by atoms with van der Waals surface area (Å²) in [5.74, 6) is 0.363. The smallest absolute Gasteiger partial charge is 0.0690 e. The normalized spacial score (nSPS) is 18.2. The highest BCUT2D eigenvalue weighted by atomic mass is 16.5. The van der Waals surface area contributed by atoms with Crippen LogP contribution in [0.1, 0.15) is 27.2 Å². The lowest BCUT2D eigenvalue weighted by molar-refractivity contribution is 0.102. The summed E-state index contributed by atoms with van der Waals surface area (Å²) in [6, 6.07) is 0.309. The van der Waals surface area contributed by atoms with Gasteiger partial charge in [0.05, 0.1) is 12.7 Å². The van der Waals surface area contributed by atoms with Crippen LogP contribution < -0.4 is 5.32 Å². The van der Waals surface area contributed by atoms with E-state index in [-0.39, 0.29) is 6.10 Å². The van der Waals surface area contributed by atoms with Crippen LogP contribution in [0.4, 0.5) is 0 Å². The molecule has 0 aliphatic rings. The lowest BCUT2D eigenvalue weighted by Gasteiger charge is -2.20. The van der Waals surface area contributed by atoms with Crippen molar-refractivity contribution in [3.8, 4) is 0 Å². The SMILES string of the molecule is CCC(C)C(O)CNC(C)COC. The molecule has 0 aromatic rings. The zero-order valence-corrected chi connectivity index (χ0v) is 9.21. The molecule has 0 saturated carbocycles. The molecule has 13 heavy (non-hydrogen) atoms. The molecule has 0 fully saturated rings. The molecule has 0 amide bonds. The van der Waals surface area contributed by atoms with E-state index in [0.29, 0.717) is 25.1 Å². The van der Waals surface area contributed by atoms with Gasteiger partial charge in [0.25, 0.3) is 0 Å². The lowest BCUT2D eigenvalue weighted by atomic mass is 10.0. The summed E-state index contributed by atoms with van der Waals surface area (Å²) in [7, 11) is 1.68. The van der Waals surface area contributed by atoms with Crippen LogP contribution in [0.25, 0.3) is 0 Å². The van der Waals surface area contributed by atoms with Gasteiger partial charge in [-0.25, -0.2) is 0 Å². The Balaban J connectivity index is 3.50. The van der Waals surface area contributed by atoms with E-state index in [4.69, 9.17) is 4.74 Å². The van der Waals surface area contributed by atoms with Crippen molar-refractivity contribution >= 4 is 0 Å². The second kappa shape index (κ2) is 7.30. The maximum Gasteiger partial charge on any atom is 0.0690 e. The molecule has 0 spiro atoms. The van der Waals surface area contributed by atoms with Crippen LogP contribution in [0.2, 0.25) is 0 Å². The Morgan fingerprint density at radius 3 is 2.46 bits per heavy atom. The van der Waals surface area contributed by atoms with Crippen LogP contribution in [-0.4, -0.2) is 37.5 Å². The highest BCUT2D eigenvalue weighted by Gasteiger charge is 2.12. The first-order chi connectivity index (χ1) is 6.11. The van der Waals surface area contributed by atoms with E-state index in [1.807, 2.05) is 6.92 Å². The number of aliphatic hydroxyl groups excluding tert-OH is 1. The van der Waals surface area contributed by atoms with Gasteiger partial charge in [0, 0.05) is 19.7 Å². The number of hydrogen-bond acceptors (Lipinski definition) is 3. The van der Waals surface area contributed by atoms with Crippen LogP contribution in [0.3, 0.4) is 0 Å². The lowest BCUT2D eigenvalue weighted by Crippen LogP contribution is -2.38. The number of nitrogens with one attached hydrogen (secondary N) is 1. The third-order valence-corrected chi connectivity index (χ3v) is 2.39. The van der Waals surface area contributed by atoms with Crippen LogP contribution in [-0.2, 0) is 4.74 Å². The van der Waals surface area contributed by atoms with E-state index in [1.54, 1.807) is 7.11 Å². The molecule has 0 aliphatic carbocycles. The predicted molar refractivity (Wildman–Crippen MR) is 54.8 cm³/mol. The molecular formula is C10H23NO2. The first-order valence-electron chi connectivity index (χ1n) is 5.02. The fraction of sp³-hybridized carbons (Fsp3) is 1.00. The Hall–Kier alpha value is -0.120. The molecular weight excluding hydrogens is 166 g/mol. The molecule has 3 atom stereocenters. The Morgan fingerprint density at radius 2 is 2.00 bits per heavy atom. The van der Waals surface area contributed by atoms with Crippen molar-refractivity contribution in [2.45, 2.75) is 39.3 Å². The van der Waals surface area contributed by atoms with Gasteiger partial charge in [-0.15, -0.1) is 0 Å². The molecule has 3 heteroatoms. The third kappa shape index (κ3) is 6.02. The monoisotopic (exact) mass is 189 g/mol. The molecule has 3 unspecified atom stereocenters. The van der Waals surface area contributed by atoms with Crippen LogP contribution in [0.5, 0.6) is 0 Å². The molecule has 3 nitrogen and oxygen atoms in total. The summed E-state index contributed by atoms with van der Waals surface area (Å²) < 4.78 is 4.98. The molecule has 0 radical (unpaired) electrons. The third-order valence-electron chi connectivity index (χ3n) is 2.39. The summed E-state index contributed by atoms with van der Waals surface area (Å²) in [6.45, 7) is 7.54. The average Bonchev–Trinajstić information content (AvgIpc) is 2.13. The van der Waals surface area contributed by atoms with Crippen molar-refractivity contribution in [2.24, 2.45) is 5.92 Å². The van der Waals surface area contributed by atoms with Crippen LogP contribution in [0, 0.1) is 5.92 Å². The van der Waals surface area contributed by atoms with Gasteiger partial charge in [0.15, 0.2) is 0 Å². The van der Waals surface area contributed by atoms with Gasteiger partial charge in [-0.3, -0.25) is 0 Å². The maximum absolute atomic E-state index is 9.63. The van der Waals surface area contributed by atoms with Gasteiger partial charge >= 0.3 is 0 Å². The zero-order chi connectivity index (χ0) is 10.3. The summed E-state index contributed by atoms with van der Waals surface area (Å²) in [6.07, 6.45) is 0.769. The number of ether oxygens (including phenoxy) is 1. The molecule has 0 rings (SSSR count). The standard InChI is InChI=1S/C10H23NO2/c1-5-8(2)10(12)6-11-9(3)7-13-4/h8-12H,5-7H2,1-4H3. The summed E-state index contributed by atoms with van der Waals surface area (Å²) in [4.78, 5) is 0. The average molecular weight is 189 g/mol. The Bertz CT molecular complexity index is 119. The largest absolute Gasteiger partial charge is 0.392 e. The molecule has 0 bridgehead atoms. The van der Waals surface area contributed by atoms with Crippen molar-refractivity contribution in [3.63, 3.8) is 0 Å². The molecule has 0 heterocycles. The minimum atomic E-state index is -0.246. The highest BCUT2D eigenvalue weighted by Crippen LogP contribution is 2.06. The summed E-state index contributed by atoms with van der Waals surface area (Å²) >= 11 is 0. The van der Waals surface area contributed by atoms with Gasteiger partial charge in [0.1, 0.15) is 0 Å². The Labute approximate surface area is 81.5 Å². The minimum Gasteiger partial charge on any atom is -0.392 e. The van der Waals surface area contributed by atoms with E-state index < -0.39 is 0 Å². The zero-order valence-electron chi connectivity index (χ0n) is 9.21. The van der Waals surface area contributed by atoms with Crippen molar-refractivity contribution in [1.82, 2.24) is 5.32 Å². The topological polar surface area (TPSA) is 41.5 Å². The number of methoxy groups -OCH3 is 1. The van der Waals surface area contributed by atoms with Crippen molar-refractivity contribution in [3.05, 3.63) is 0 Å². The van der Waals surface area contributed by atoms with Gasteiger partial charge in [-0.2, -0.15) is 0 Å². The van der Waals surface area contributed by atoms with Gasteiger partial charge < -0.3 is 15.2 Å². The first-order valence-corrected chi connectivity index (χ1v) is 5.02. The molecule has 0 aromatic carbocycles. The Kier molecular flexibility index (Phi) is 7.23. The molecule has 0 aromatic heterocycles. The van der Waals surface area contributed by atoms with Crippen molar-refractivity contribution < 1.29 is 9.84 Å². The molecule has 2 N–H and O–H groups in total. The van der Waals surface area contributed by atoms with Gasteiger partial charge in [-0.1, -0.05) is 20.3 Å². The number of aliphatic hydroxyl groups is 1. The van der Waals surface area contributed by atoms with E-state index in [2.05, 4.69) is 19.2 Å². The maximum atomic E-state index is 9.63. The summed E-state index contributed by atoms with van der Waals surface area (Å²) in [5, 5.41) is 12.9. The van der Waals surface area contributed by atoms with E-state index in [9.17, 15) is 5.11 Å². The quantitative estimate of drug-likeness (QED) is 0.628. The number of rotatable bonds is 7. The molecule has 0 saturated heterocycles. The van der Waals surface area contributed by atoms with Gasteiger partial charge in [0.2, 0.25) is 0 Å². The van der Waals surface area contributed by atoms with Crippen LogP contribution >= 0.6 is 0 Å². The van der Waals surface area contributed by atoms with Crippen molar-refractivity contribution in [1.29, 1.82) is 0 Å². The fourth-order valence-electron chi connectivity index (χ4n) is 1.10. The fourth-order valence-corrected chi connectivity index (χ4v) is 1.10. The Morgan fingerprint density at radius 1 is 1.38 bits per heavy atom.